The van der Waals surface area contributed by atoms with Crippen LogP contribution in [0.4, 0.5) is 14.5 Å². The van der Waals surface area contributed by atoms with Gasteiger partial charge in [0.2, 0.25) is 5.43 Å². The van der Waals surface area contributed by atoms with Crippen molar-refractivity contribution in [3.05, 3.63) is 46.0 Å². The fraction of sp³-hybridized carbons (Fsp3) is 0.409. The van der Waals surface area contributed by atoms with Crippen molar-refractivity contribution in [2.45, 2.75) is 12.6 Å². The lowest BCUT2D eigenvalue weighted by molar-refractivity contribution is 0.0694. The van der Waals surface area contributed by atoms with Crippen molar-refractivity contribution in [3.63, 3.8) is 0 Å². The number of rotatable bonds is 5. The van der Waals surface area contributed by atoms with Crippen molar-refractivity contribution in [3.8, 4) is 0 Å². The number of nitrogens with one attached hydrogen (secondary N) is 1. The van der Waals surface area contributed by atoms with E-state index in [4.69, 9.17) is 0 Å². The van der Waals surface area contributed by atoms with Crippen LogP contribution in [-0.2, 0) is 6.54 Å². The molecule has 2 saturated heterocycles. The molecule has 0 unspecified atom stereocenters. The van der Waals surface area contributed by atoms with Gasteiger partial charge in [0.15, 0.2) is 0 Å². The average molecular weight is 443 g/mol. The summed E-state index contributed by atoms with van der Waals surface area (Å²) in [5, 5.41) is 13.1. The minimum Gasteiger partial charge on any atom is -0.477 e. The van der Waals surface area contributed by atoms with Gasteiger partial charge in [-0.05, 0) is 18.2 Å². The Bertz CT molecular complexity index is 1270. The number of alkyl halides is 1. The summed E-state index contributed by atoms with van der Waals surface area (Å²) >= 11 is 0. The fourth-order valence-corrected chi connectivity index (χ4v) is 4.57. The number of nitrogens with zero attached hydrogens (tertiary/aromatic N) is 4. The second kappa shape index (κ2) is 8.10. The smallest absolute Gasteiger partial charge is 0.341 e. The van der Waals surface area contributed by atoms with Crippen LogP contribution in [0.2, 0.25) is 0 Å². The van der Waals surface area contributed by atoms with Gasteiger partial charge in [0, 0.05) is 56.9 Å². The van der Waals surface area contributed by atoms with E-state index in [2.05, 4.69) is 15.2 Å². The third kappa shape index (κ3) is 3.49. The second-order valence-corrected chi connectivity index (χ2v) is 8.26. The zero-order valence-corrected chi connectivity index (χ0v) is 17.4. The number of halogens is 2. The topological polar surface area (TPSA) is 90.7 Å². The van der Waals surface area contributed by atoms with Gasteiger partial charge in [-0.3, -0.25) is 9.69 Å². The molecule has 1 aromatic carbocycles. The number of benzene rings is 1. The number of pyridine rings is 2. The summed E-state index contributed by atoms with van der Waals surface area (Å²) < 4.78 is 29.4. The molecule has 32 heavy (non-hydrogen) atoms. The molecule has 0 bridgehead atoms. The molecule has 4 heterocycles. The summed E-state index contributed by atoms with van der Waals surface area (Å²) in [6.07, 6.45) is 1.11. The number of aromatic nitrogens is 2. The number of hydrogen-bond donors (Lipinski definition) is 2. The van der Waals surface area contributed by atoms with Gasteiger partial charge < -0.3 is 19.9 Å². The Labute approximate surface area is 182 Å². The number of aromatic carboxylic acids is 1. The summed E-state index contributed by atoms with van der Waals surface area (Å²) in [4.78, 5) is 33.0. The Morgan fingerprint density at radius 1 is 1.22 bits per heavy atom. The summed E-state index contributed by atoms with van der Waals surface area (Å²) in [5.41, 5.74) is -0.0938. The third-order valence-electron chi connectivity index (χ3n) is 6.34. The molecule has 0 spiro atoms. The molecule has 0 atom stereocenters. The van der Waals surface area contributed by atoms with Gasteiger partial charge in [0.25, 0.3) is 0 Å². The van der Waals surface area contributed by atoms with E-state index in [9.17, 15) is 23.5 Å². The number of piperazine rings is 1. The maximum atomic E-state index is 14.9. The molecular weight excluding hydrogens is 420 g/mol. The number of carboxylic acids is 1. The van der Waals surface area contributed by atoms with Gasteiger partial charge >= 0.3 is 5.97 Å². The molecule has 2 aromatic heterocycles. The lowest BCUT2D eigenvalue weighted by atomic mass is 10.0. The Hall–Kier alpha value is -3.11. The first kappa shape index (κ1) is 20.8. The van der Waals surface area contributed by atoms with E-state index in [-0.39, 0.29) is 17.6 Å². The fourth-order valence-electron chi connectivity index (χ4n) is 4.57. The van der Waals surface area contributed by atoms with Crippen LogP contribution >= 0.6 is 0 Å². The number of hydrogen-bond acceptors (Lipinski definition) is 6. The van der Waals surface area contributed by atoms with Crippen LogP contribution in [0, 0.1) is 5.82 Å². The minimum atomic E-state index is -1.40. The molecule has 0 aliphatic carbocycles. The predicted octanol–water partition coefficient (Wildman–Crippen LogP) is 1.45. The molecule has 2 N–H and O–H groups in total. The van der Waals surface area contributed by atoms with E-state index in [1.54, 1.807) is 6.07 Å². The van der Waals surface area contributed by atoms with E-state index in [1.165, 1.54) is 16.7 Å². The van der Waals surface area contributed by atoms with Crippen LogP contribution < -0.4 is 15.6 Å². The number of carbonyl (C=O) groups is 1. The number of aryl methyl sites for hydroxylation is 1. The first-order chi connectivity index (χ1) is 15.5. The molecule has 8 nitrogen and oxygen atoms in total. The van der Waals surface area contributed by atoms with Crippen molar-refractivity contribution >= 4 is 33.6 Å². The lowest BCUT2D eigenvalue weighted by Crippen LogP contribution is -2.63. The Kier molecular flexibility index (Phi) is 5.26. The first-order valence-corrected chi connectivity index (χ1v) is 10.6. The highest BCUT2D eigenvalue weighted by atomic mass is 19.1. The molecule has 0 saturated carbocycles. The summed E-state index contributed by atoms with van der Waals surface area (Å²) in [5.74, 6) is -1.82. The number of fused-ring (bicyclic) bond motifs is 2. The van der Waals surface area contributed by atoms with Crippen LogP contribution in [0.1, 0.15) is 10.4 Å². The highest BCUT2D eigenvalue weighted by Gasteiger charge is 2.33. The van der Waals surface area contributed by atoms with Gasteiger partial charge in [-0.2, -0.15) is 0 Å². The van der Waals surface area contributed by atoms with Crippen LogP contribution in [-0.4, -0.2) is 77.5 Å². The highest BCUT2D eigenvalue weighted by Crippen LogP contribution is 2.31. The van der Waals surface area contributed by atoms with Crippen molar-refractivity contribution < 1.29 is 18.7 Å². The SMILES string of the molecule is O=C(O)c1cn(CCF)c2nc3cc(N4CC(N5CCNCC5)C4)c(F)cc3cc2c1=O. The zero-order valence-electron chi connectivity index (χ0n) is 17.4. The minimum absolute atomic E-state index is 0.0284. The van der Waals surface area contributed by atoms with E-state index < -0.39 is 29.5 Å². The molecule has 2 aliphatic heterocycles. The van der Waals surface area contributed by atoms with Gasteiger partial charge in [-0.25, -0.2) is 18.6 Å². The molecule has 0 amide bonds. The van der Waals surface area contributed by atoms with Crippen molar-refractivity contribution in [1.29, 1.82) is 0 Å². The van der Waals surface area contributed by atoms with Crippen LogP contribution in [0.5, 0.6) is 0 Å². The van der Waals surface area contributed by atoms with Crippen LogP contribution in [0.15, 0.2) is 29.2 Å². The lowest BCUT2D eigenvalue weighted by Gasteiger charge is -2.48. The summed E-state index contributed by atoms with van der Waals surface area (Å²) in [7, 11) is 0. The summed E-state index contributed by atoms with van der Waals surface area (Å²) in [6.45, 7) is 4.46. The van der Waals surface area contributed by atoms with E-state index in [0.717, 1.165) is 45.5 Å². The van der Waals surface area contributed by atoms with Gasteiger partial charge in [0.1, 0.15) is 23.7 Å². The first-order valence-electron chi connectivity index (χ1n) is 10.6. The highest BCUT2D eigenvalue weighted by molar-refractivity contribution is 5.96. The van der Waals surface area contributed by atoms with Crippen molar-refractivity contribution in [2.24, 2.45) is 0 Å². The second-order valence-electron chi connectivity index (χ2n) is 8.26. The standard InChI is InChI=1S/C22H23F2N5O3/c23-1-4-28-12-16(22(31)32)20(30)15-7-13-8-17(24)19(9-18(13)26-21(15)28)29-10-14(11-29)27-5-2-25-3-6-27/h7-9,12,14,25H,1-6,10-11H2,(H,31,32). The molecular formula is C22H23F2N5O3. The molecule has 3 aromatic rings. The number of carboxylic acid groups (broad SMARTS) is 1. The number of anilines is 1. The monoisotopic (exact) mass is 443 g/mol. The maximum absolute atomic E-state index is 14.9. The third-order valence-corrected chi connectivity index (χ3v) is 6.34. The van der Waals surface area contributed by atoms with E-state index in [0.29, 0.717) is 22.6 Å². The van der Waals surface area contributed by atoms with Crippen molar-refractivity contribution in [1.82, 2.24) is 19.8 Å². The normalized spacial score (nSPS) is 17.8. The maximum Gasteiger partial charge on any atom is 0.341 e. The quantitative estimate of drug-likeness (QED) is 0.577. The molecule has 168 valence electrons. The van der Waals surface area contributed by atoms with Gasteiger partial charge in [-0.15, -0.1) is 0 Å². The predicted molar refractivity (Wildman–Crippen MR) is 117 cm³/mol. The molecule has 2 aliphatic rings. The average Bonchev–Trinajstić information content (AvgIpc) is 2.75. The van der Waals surface area contributed by atoms with Crippen molar-refractivity contribution in [2.75, 3.05) is 50.8 Å². The molecule has 2 fully saturated rings. The summed E-state index contributed by atoms with van der Waals surface area (Å²) in [6, 6.07) is 4.80. The van der Waals surface area contributed by atoms with Gasteiger partial charge in [0.05, 0.1) is 23.1 Å². The Balaban J connectivity index is 1.54. The van der Waals surface area contributed by atoms with E-state index in [1.807, 2.05) is 4.90 Å². The Morgan fingerprint density at radius 2 is 1.97 bits per heavy atom. The zero-order chi connectivity index (χ0) is 22.4. The molecule has 0 radical (unpaired) electrons. The van der Waals surface area contributed by atoms with Crippen LogP contribution in [0.25, 0.3) is 21.9 Å². The Morgan fingerprint density at radius 3 is 2.66 bits per heavy atom. The largest absolute Gasteiger partial charge is 0.477 e. The van der Waals surface area contributed by atoms with Gasteiger partial charge in [-0.1, -0.05) is 0 Å². The molecule has 10 heteroatoms. The van der Waals surface area contributed by atoms with E-state index >= 15 is 0 Å². The molecule has 5 rings (SSSR count). The van der Waals surface area contributed by atoms with Crippen LogP contribution in [0.3, 0.4) is 0 Å².